The van der Waals surface area contributed by atoms with Crippen LogP contribution in [0.2, 0.25) is 0 Å². The van der Waals surface area contributed by atoms with Crippen LogP contribution in [0.1, 0.15) is 6.42 Å². The molecule has 0 saturated carbocycles. The van der Waals surface area contributed by atoms with Gasteiger partial charge < -0.3 is 15.3 Å². The van der Waals surface area contributed by atoms with Gasteiger partial charge in [-0.1, -0.05) is 0 Å². The average Bonchev–Trinajstić information content (AvgIpc) is 2.08. The minimum atomic E-state index is -3.24. The van der Waals surface area contributed by atoms with Gasteiger partial charge in [-0.2, -0.15) is 0 Å². The molecule has 1 atom stereocenters. The Morgan fingerprint density at radius 1 is 1.35 bits per heavy atom. The Kier molecular flexibility index (Phi) is 6.11. The van der Waals surface area contributed by atoms with Crippen molar-refractivity contribution in [1.82, 2.24) is 10.2 Å². The van der Waals surface area contributed by atoms with Crippen LogP contribution < -0.4 is 5.32 Å². The maximum atomic E-state index is 11.3. The van der Waals surface area contributed by atoms with Gasteiger partial charge in [0.25, 0.3) is 0 Å². The predicted octanol–water partition coefficient (Wildman–Crippen LogP) is -1.45. The molecule has 0 aromatic rings. The second kappa shape index (κ2) is 6.55. The van der Waals surface area contributed by atoms with E-state index in [0.717, 1.165) is 6.26 Å². The molecular weight excluding hydrogens is 248 g/mol. The van der Waals surface area contributed by atoms with Crippen LogP contribution in [-0.2, 0) is 19.4 Å². The summed E-state index contributed by atoms with van der Waals surface area (Å²) < 4.78 is 21.8. The van der Waals surface area contributed by atoms with E-state index in [1.54, 1.807) is 19.0 Å². The van der Waals surface area contributed by atoms with Crippen molar-refractivity contribution in [2.45, 2.75) is 12.5 Å². The molecule has 8 heteroatoms. The fraction of sp³-hybridized carbons (Fsp3) is 0.778. The van der Waals surface area contributed by atoms with Crippen LogP contribution in [0.4, 0.5) is 0 Å². The molecule has 100 valence electrons. The van der Waals surface area contributed by atoms with Gasteiger partial charge >= 0.3 is 5.97 Å². The summed E-state index contributed by atoms with van der Waals surface area (Å²) in [7, 11) is 0.108. The Bertz CT molecular complexity index is 377. The third-order valence-electron chi connectivity index (χ3n) is 1.87. The van der Waals surface area contributed by atoms with Crippen molar-refractivity contribution in [2.75, 3.05) is 32.6 Å². The SMILES string of the molecule is CN(C)CC(=O)NC(CCS(C)(=O)=O)C(=O)O. The fourth-order valence-electron chi connectivity index (χ4n) is 1.12. The number of rotatable bonds is 7. The zero-order chi connectivity index (χ0) is 13.6. The van der Waals surface area contributed by atoms with Crippen molar-refractivity contribution in [3.63, 3.8) is 0 Å². The van der Waals surface area contributed by atoms with Gasteiger partial charge in [0.05, 0.1) is 12.3 Å². The second-order valence-electron chi connectivity index (χ2n) is 4.11. The zero-order valence-corrected chi connectivity index (χ0v) is 11.0. The van der Waals surface area contributed by atoms with E-state index in [9.17, 15) is 18.0 Å². The number of amides is 1. The highest BCUT2D eigenvalue weighted by Crippen LogP contribution is 1.97. The largest absolute Gasteiger partial charge is 0.480 e. The maximum absolute atomic E-state index is 11.3. The first kappa shape index (κ1) is 15.9. The van der Waals surface area contributed by atoms with Gasteiger partial charge in [-0.05, 0) is 20.5 Å². The lowest BCUT2D eigenvalue weighted by atomic mass is 10.2. The third kappa shape index (κ3) is 8.64. The van der Waals surface area contributed by atoms with E-state index < -0.39 is 27.8 Å². The van der Waals surface area contributed by atoms with Crippen LogP contribution in [-0.4, -0.2) is 69.0 Å². The number of carbonyl (C=O) groups is 2. The minimum Gasteiger partial charge on any atom is -0.480 e. The minimum absolute atomic E-state index is 0.0582. The predicted molar refractivity (Wildman–Crippen MR) is 62.4 cm³/mol. The summed E-state index contributed by atoms with van der Waals surface area (Å²) in [5, 5.41) is 11.1. The van der Waals surface area contributed by atoms with Crippen molar-refractivity contribution < 1.29 is 23.1 Å². The first-order valence-corrected chi connectivity index (χ1v) is 7.02. The molecule has 0 bridgehead atoms. The standard InChI is InChI=1S/C9H18N2O5S/c1-11(2)6-8(12)10-7(9(13)14)4-5-17(3,15)16/h7H,4-6H2,1-3H3,(H,10,12)(H,13,14). The van der Waals surface area contributed by atoms with E-state index in [4.69, 9.17) is 5.11 Å². The Morgan fingerprint density at radius 2 is 1.88 bits per heavy atom. The Balaban J connectivity index is 4.35. The number of hydrogen-bond acceptors (Lipinski definition) is 5. The number of carboxylic acids is 1. The molecular formula is C9H18N2O5S. The van der Waals surface area contributed by atoms with Crippen LogP contribution in [0.3, 0.4) is 0 Å². The molecule has 0 spiro atoms. The highest BCUT2D eigenvalue weighted by atomic mass is 32.2. The molecule has 0 rings (SSSR count). The van der Waals surface area contributed by atoms with Crippen LogP contribution in [0.25, 0.3) is 0 Å². The van der Waals surface area contributed by atoms with E-state index in [2.05, 4.69) is 5.32 Å². The number of aliphatic carboxylic acids is 1. The molecule has 0 aromatic carbocycles. The molecule has 1 amide bonds. The van der Waals surface area contributed by atoms with E-state index >= 15 is 0 Å². The van der Waals surface area contributed by atoms with Gasteiger partial charge in [-0.3, -0.25) is 4.79 Å². The summed E-state index contributed by atoms with van der Waals surface area (Å²) in [6, 6.07) is -1.17. The smallest absolute Gasteiger partial charge is 0.326 e. The number of carbonyl (C=O) groups excluding carboxylic acids is 1. The Hall–Kier alpha value is -1.15. The quantitative estimate of drug-likeness (QED) is 0.584. The lowest BCUT2D eigenvalue weighted by Gasteiger charge is -2.15. The van der Waals surface area contributed by atoms with Gasteiger partial charge in [0.15, 0.2) is 0 Å². The lowest BCUT2D eigenvalue weighted by molar-refractivity contribution is -0.141. The molecule has 0 aliphatic heterocycles. The third-order valence-corrected chi connectivity index (χ3v) is 2.85. The van der Waals surface area contributed by atoms with E-state index in [1.165, 1.54) is 0 Å². The molecule has 0 fully saturated rings. The van der Waals surface area contributed by atoms with Crippen molar-refractivity contribution in [3.8, 4) is 0 Å². The molecule has 0 saturated heterocycles. The molecule has 0 aromatic heterocycles. The van der Waals surface area contributed by atoms with E-state index in [-0.39, 0.29) is 18.7 Å². The first-order chi connectivity index (χ1) is 7.61. The van der Waals surface area contributed by atoms with E-state index in [0.29, 0.717) is 0 Å². The van der Waals surface area contributed by atoms with Crippen LogP contribution in [0, 0.1) is 0 Å². The van der Waals surface area contributed by atoms with Gasteiger partial charge in [-0.25, -0.2) is 13.2 Å². The summed E-state index contributed by atoms with van der Waals surface area (Å²) in [6.07, 6.45) is 0.890. The number of carboxylic acid groups (broad SMARTS) is 1. The van der Waals surface area contributed by atoms with Gasteiger partial charge in [0.1, 0.15) is 15.9 Å². The topological polar surface area (TPSA) is 104 Å². The van der Waals surface area contributed by atoms with Crippen molar-refractivity contribution in [2.24, 2.45) is 0 Å². The summed E-state index contributed by atoms with van der Waals surface area (Å²) in [5.74, 6) is -1.96. The monoisotopic (exact) mass is 266 g/mol. The van der Waals surface area contributed by atoms with Crippen LogP contribution >= 0.6 is 0 Å². The lowest BCUT2D eigenvalue weighted by Crippen LogP contribution is -2.45. The summed E-state index contributed by atoms with van der Waals surface area (Å²) >= 11 is 0. The molecule has 0 radical (unpaired) electrons. The number of nitrogens with zero attached hydrogens (tertiary/aromatic N) is 1. The number of hydrogen-bond donors (Lipinski definition) is 2. The summed E-state index contributed by atoms with van der Waals surface area (Å²) in [6.45, 7) is 0.0582. The van der Waals surface area contributed by atoms with Gasteiger partial charge in [0, 0.05) is 6.26 Å². The average molecular weight is 266 g/mol. The molecule has 17 heavy (non-hydrogen) atoms. The molecule has 0 aliphatic carbocycles. The summed E-state index contributed by atoms with van der Waals surface area (Å²) in [5.41, 5.74) is 0. The molecule has 2 N–H and O–H groups in total. The number of sulfone groups is 1. The molecule has 7 nitrogen and oxygen atoms in total. The van der Waals surface area contributed by atoms with Gasteiger partial charge in [-0.15, -0.1) is 0 Å². The molecule has 0 aliphatic rings. The van der Waals surface area contributed by atoms with Crippen LogP contribution in [0.15, 0.2) is 0 Å². The maximum Gasteiger partial charge on any atom is 0.326 e. The second-order valence-corrected chi connectivity index (χ2v) is 6.37. The van der Waals surface area contributed by atoms with Gasteiger partial charge in [0.2, 0.25) is 5.91 Å². The first-order valence-electron chi connectivity index (χ1n) is 4.96. The van der Waals surface area contributed by atoms with E-state index in [1.807, 2.05) is 0 Å². The summed E-state index contributed by atoms with van der Waals surface area (Å²) in [4.78, 5) is 23.7. The Morgan fingerprint density at radius 3 is 2.24 bits per heavy atom. The number of likely N-dealkylation sites (N-methyl/N-ethyl adjacent to an activating group) is 1. The zero-order valence-electron chi connectivity index (χ0n) is 10.1. The Labute approximate surface area is 101 Å². The van der Waals surface area contributed by atoms with Crippen molar-refractivity contribution >= 4 is 21.7 Å². The normalized spacial score (nSPS) is 13.4. The fourth-order valence-corrected chi connectivity index (χ4v) is 1.78. The highest BCUT2D eigenvalue weighted by Gasteiger charge is 2.21. The van der Waals surface area contributed by atoms with Crippen molar-refractivity contribution in [1.29, 1.82) is 0 Å². The number of nitrogens with one attached hydrogen (secondary N) is 1. The molecule has 0 heterocycles. The van der Waals surface area contributed by atoms with Crippen molar-refractivity contribution in [3.05, 3.63) is 0 Å². The van der Waals surface area contributed by atoms with Crippen LogP contribution in [0.5, 0.6) is 0 Å². The molecule has 1 unspecified atom stereocenters. The highest BCUT2D eigenvalue weighted by molar-refractivity contribution is 7.90.